The van der Waals surface area contributed by atoms with Crippen molar-refractivity contribution in [2.75, 3.05) is 13.6 Å². The lowest BCUT2D eigenvalue weighted by Gasteiger charge is -2.48. The summed E-state index contributed by atoms with van der Waals surface area (Å²) in [6, 6.07) is 4.16. The van der Waals surface area contributed by atoms with Gasteiger partial charge in [0.05, 0.1) is 0 Å². The Kier molecular flexibility index (Phi) is 1.65. The predicted octanol–water partition coefficient (Wildman–Crippen LogP) is 1.63. The van der Waals surface area contributed by atoms with Gasteiger partial charge in [0.2, 0.25) is 0 Å². The first-order valence-electron chi connectivity index (χ1n) is 4.35. The zero-order valence-electron chi connectivity index (χ0n) is 7.62. The van der Waals surface area contributed by atoms with E-state index in [1.807, 2.05) is 18.5 Å². The van der Waals surface area contributed by atoms with E-state index in [2.05, 4.69) is 29.9 Å². The Morgan fingerprint density at radius 2 is 2.42 bits per heavy atom. The van der Waals surface area contributed by atoms with Gasteiger partial charge >= 0.3 is 0 Å². The van der Waals surface area contributed by atoms with Crippen LogP contribution in [0.1, 0.15) is 18.9 Å². The first kappa shape index (κ1) is 7.74. The van der Waals surface area contributed by atoms with Gasteiger partial charge in [0, 0.05) is 24.5 Å². The molecule has 0 bridgehead atoms. The molecule has 1 aliphatic heterocycles. The average Bonchev–Trinajstić information content (AvgIpc) is 2.16. The quantitative estimate of drug-likeness (QED) is 0.624. The predicted molar refractivity (Wildman–Crippen MR) is 48.8 cm³/mol. The number of nitrogens with zero attached hydrogens (tertiary/aromatic N) is 2. The lowest BCUT2D eigenvalue weighted by atomic mass is 9.81. The van der Waals surface area contributed by atoms with Gasteiger partial charge in [-0.1, -0.05) is 6.07 Å². The van der Waals surface area contributed by atoms with Crippen LogP contribution in [0.15, 0.2) is 24.5 Å². The molecule has 0 saturated carbocycles. The highest BCUT2D eigenvalue weighted by molar-refractivity contribution is 5.22. The van der Waals surface area contributed by atoms with Gasteiger partial charge in [-0.05, 0) is 32.0 Å². The molecule has 1 atom stereocenters. The summed E-state index contributed by atoms with van der Waals surface area (Å²) in [5, 5.41) is 0. The van der Waals surface area contributed by atoms with Crippen LogP contribution in [-0.2, 0) is 5.54 Å². The van der Waals surface area contributed by atoms with Crippen molar-refractivity contribution in [2.24, 2.45) is 0 Å². The van der Waals surface area contributed by atoms with Gasteiger partial charge in [0.25, 0.3) is 0 Å². The Bertz CT molecular complexity index is 270. The molecule has 2 rings (SSSR count). The van der Waals surface area contributed by atoms with Crippen LogP contribution in [0.2, 0.25) is 0 Å². The number of pyridine rings is 1. The Hall–Kier alpha value is -0.890. The molecule has 2 heterocycles. The molecular formula is C10H14N2. The minimum absolute atomic E-state index is 0.244. The maximum Gasteiger partial charge on any atom is 0.0456 e. The van der Waals surface area contributed by atoms with E-state index in [1.54, 1.807) is 0 Å². The molecule has 0 aromatic carbocycles. The number of likely N-dealkylation sites (tertiary alicyclic amines) is 1. The molecule has 1 fully saturated rings. The first-order valence-corrected chi connectivity index (χ1v) is 4.35. The molecule has 1 aliphatic rings. The Morgan fingerprint density at radius 3 is 2.83 bits per heavy atom. The summed E-state index contributed by atoms with van der Waals surface area (Å²) in [7, 11) is 2.16. The largest absolute Gasteiger partial charge is 0.297 e. The third-order valence-corrected chi connectivity index (χ3v) is 3.06. The number of hydrogen-bond acceptors (Lipinski definition) is 2. The molecule has 0 N–H and O–H groups in total. The number of hydrogen-bond donors (Lipinski definition) is 0. The van der Waals surface area contributed by atoms with Crippen molar-refractivity contribution in [1.82, 2.24) is 9.88 Å². The summed E-state index contributed by atoms with van der Waals surface area (Å²) in [6.07, 6.45) is 5.04. The molecule has 64 valence electrons. The second-order valence-corrected chi connectivity index (χ2v) is 3.69. The van der Waals surface area contributed by atoms with Crippen molar-refractivity contribution >= 4 is 0 Å². The maximum absolute atomic E-state index is 4.14. The minimum Gasteiger partial charge on any atom is -0.297 e. The molecule has 0 aliphatic carbocycles. The Morgan fingerprint density at radius 1 is 1.58 bits per heavy atom. The fraction of sp³-hybridized carbons (Fsp3) is 0.500. The molecule has 1 aromatic heterocycles. The summed E-state index contributed by atoms with van der Waals surface area (Å²) in [6.45, 7) is 3.47. The molecule has 0 spiro atoms. The number of rotatable bonds is 1. The monoisotopic (exact) mass is 162 g/mol. The molecule has 0 radical (unpaired) electrons. The summed E-state index contributed by atoms with van der Waals surface area (Å²) >= 11 is 0. The van der Waals surface area contributed by atoms with Crippen LogP contribution in [0.3, 0.4) is 0 Å². The SMILES string of the molecule is CN1CC[C@@]1(C)c1cccnc1. The van der Waals surface area contributed by atoms with Crippen molar-refractivity contribution in [2.45, 2.75) is 18.9 Å². The van der Waals surface area contributed by atoms with E-state index < -0.39 is 0 Å². The molecule has 2 heteroatoms. The third-order valence-electron chi connectivity index (χ3n) is 3.06. The average molecular weight is 162 g/mol. The third kappa shape index (κ3) is 0.950. The number of aromatic nitrogens is 1. The topological polar surface area (TPSA) is 16.1 Å². The van der Waals surface area contributed by atoms with Gasteiger partial charge in [0.1, 0.15) is 0 Å². The standard InChI is InChI=1S/C10H14N2/c1-10(5-7-12(10)2)9-4-3-6-11-8-9/h3-4,6,8H,5,7H2,1-2H3/t10-/m0/s1. The van der Waals surface area contributed by atoms with Gasteiger partial charge in [-0.2, -0.15) is 0 Å². The molecule has 1 aromatic rings. The summed E-state index contributed by atoms with van der Waals surface area (Å²) in [4.78, 5) is 6.51. The smallest absolute Gasteiger partial charge is 0.0456 e. The summed E-state index contributed by atoms with van der Waals surface area (Å²) in [5.41, 5.74) is 1.58. The summed E-state index contributed by atoms with van der Waals surface area (Å²) < 4.78 is 0. The van der Waals surface area contributed by atoms with Crippen LogP contribution in [-0.4, -0.2) is 23.5 Å². The van der Waals surface area contributed by atoms with Gasteiger partial charge < -0.3 is 0 Å². The van der Waals surface area contributed by atoms with Crippen molar-refractivity contribution in [3.63, 3.8) is 0 Å². The van der Waals surface area contributed by atoms with Crippen LogP contribution >= 0.6 is 0 Å². The van der Waals surface area contributed by atoms with E-state index in [-0.39, 0.29) is 5.54 Å². The molecular weight excluding hydrogens is 148 g/mol. The fourth-order valence-electron chi connectivity index (χ4n) is 1.72. The lowest BCUT2D eigenvalue weighted by molar-refractivity contribution is 0.0240. The van der Waals surface area contributed by atoms with Gasteiger partial charge in [0.15, 0.2) is 0 Å². The zero-order valence-corrected chi connectivity index (χ0v) is 7.62. The van der Waals surface area contributed by atoms with E-state index in [4.69, 9.17) is 0 Å². The maximum atomic E-state index is 4.14. The first-order chi connectivity index (χ1) is 5.73. The van der Waals surface area contributed by atoms with Gasteiger partial charge in [-0.25, -0.2) is 0 Å². The highest BCUT2D eigenvalue weighted by Crippen LogP contribution is 2.37. The van der Waals surface area contributed by atoms with E-state index in [0.29, 0.717) is 0 Å². The highest BCUT2D eigenvalue weighted by atomic mass is 15.2. The summed E-state index contributed by atoms with van der Waals surface area (Å²) in [5.74, 6) is 0. The van der Waals surface area contributed by atoms with Crippen molar-refractivity contribution in [3.8, 4) is 0 Å². The lowest BCUT2D eigenvalue weighted by Crippen LogP contribution is -2.52. The van der Waals surface area contributed by atoms with Crippen LogP contribution in [0, 0.1) is 0 Å². The molecule has 0 unspecified atom stereocenters. The minimum atomic E-state index is 0.244. The van der Waals surface area contributed by atoms with E-state index in [0.717, 1.165) is 0 Å². The Balaban J connectivity index is 2.31. The van der Waals surface area contributed by atoms with Crippen molar-refractivity contribution < 1.29 is 0 Å². The van der Waals surface area contributed by atoms with E-state index in [1.165, 1.54) is 18.5 Å². The Labute approximate surface area is 73.2 Å². The van der Waals surface area contributed by atoms with Crippen molar-refractivity contribution in [3.05, 3.63) is 30.1 Å². The van der Waals surface area contributed by atoms with Crippen LogP contribution in [0.25, 0.3) is 0 Å². The van der Waals surface area contributed by atoms with E-state index >= 15 is 0 Å². The van der Waals surface area contributed by atoms with Crippen LogP contribution in [0.4, 0.5) is 0 Å². The second kappa shape index (κ2) is 2.56. The molecule has 0 amide bonds. The zero-order chi connectivity index (χ0) is 8.60. The van der Waals surface area contributed by atoms with Gasteiger partial charge in [-0.15, -0.1) is 0 Å². The van der Waals surface area contributed by atoms with Gasteiger partial charge in [-0.3, -0.25) is 9.88 Å². The second-order valence-electron chi connectivity index (χ2n) is 3.69. The highest BCUT2D eigenvalue weighted by Gasteiger charge is 2.38. The molecule has 2 nitrogen and oxygen atoms in total. The molecule has 1 saturated heterocycles. The van der Waals surface area contributed by atoms with Crippen LogP contribution < -0.4 is 0 Å². The van der Waals surface area contributed by atoms with Crippen molar-refractivity contribution in [1.29, 1.82) is 0 Å². The van der Waals surface area contributed by atoms with Crippen LogP contribution in [0.5, 0.6) is 0 Å². The normalized spacial score (nSPS) is 29.8. The fourth-order valence-corrected chi connectivity index (χ4v) is 1.72. The van der Waals surface area contributed by atoms with E-state index in [9.17, 15) is 0 Å². The molecule has 12 heavy (non-hydrogen) atoms.